The van der Waals surface area contributed by atoms with Gasteiger partial charge in [-0.15, -0.1) is 0 Å². The van der Waals surface area contributed by atoms with Crippen LogP contribution in [0.25, 0.3) is 0 Å². The summed E-state index contributed by atoms with van der Waals surface area (Å²) < 4.78 is 0. The second-order valence-electron chi connectivity index (χ2n) is 3.26. The van der Waals surface area contributed by atoms with Gasteiger partial charge in [0, 0.05) is 9.52 Å². The Balaban J connectivity index is 3.22. The van der Waals surface area contributed by atoms with E-state index < -0.39 is 0 Å². The quantitative estimate of drug-likeness (QED) is 0.532. The van der Waals surface area contributed by atoms with Gasteiger partial charge < -0.3 is 0 Å². The first-order valence-corrected chi connectivity index (χ1v) is 5.83. The highest BCUT2D eigenvalue weighted by molar-refractivity contribution is 6.39. The van der Waals surface area contributed by atoms with Crippen LogP contribution in [0.1, 0.15) is 40.5 Å². The molecule has 2 unspecified atom stereocenters. The highest BCUT2D eigenvalue weighted by Gasteiger charge is 2.04. The zero-order valence-electron chi connectivity index (χ0n) is 7.28. The fourth-order valence-corrected chi connectivity index (χ4v) is 3.06. The lowest BCUT2D eigenvalue weighted by atomic mass is 10.4. The van der Waals surface area contributed by atoms with Crippen molar-refractivity contribution < 1.29 is 0 Å². The van der Waals surface area contributed by atoms with Gasteiger partial charge in [-0.3, -0.25) is 0 Å². The molecule has 0 amide bonds. The van der Waals surface area contributed by atoms with E-state index in [4.69, 9.17) is 0 Å². The summed E-state index contributed by atoms with van der Waals surface area (Å²) in [5.74, 6) is 0. The monoisotopic (exact) mass is 144 g/mol. The Morgan fingerprint density at radius 3 is 1.56 bits per heavy atom. The first-order valence-electron chi connectivity index (χ1n) is 4.20. The van der Waals surface area contributed by atoms with Crippen LogP contribution in [0.2, 0.25) is 11.1 Å². The second-order valence-corrected chi connectivity index (χ2v) is 6.52. The third-order valence-electron chi connectivity index (χ3n) is 2.20. The van der Waals surface area contributed by atoms with E-state index in [1.807, 2.05) is 0 Å². The topological polar surface area (TPSA) is 0 Å². The molecule has 0 radical (unpaired) electrons. The predicted octanol–water partition coefficient (Wildman–Crippen LogP) is 2.59. The lowest BCUT2D eigenvalue weighted by molar-refractivity contribution is 0.803. The van der Waals surface area contributed by atoms with E-state index in [0.717, 1.165) is 11.1 Å². The zero-order chi connectivity index (χ0) is 7.28. The average Bonchev–Trinajstić information content (AvgIpc) is 1.87. The van der Waals surface area contributed by atoms with Crippen LogP contribution < -0.4 is 0 Å². The Morgan fingerprint density at radius 1 is 1.00 bits per heavy atom. The van der Waals surface area contributed by atoms with Gasteiger partial charge in [0.2, 0.25) is 0 Å². The maximum Gasteiger partial charge on any atom is 0.0257 e. The first kappa shape index (κ1) is 9.22. The summed E-state index contributed by atoms with van der Waals surface area (Å²) in [6, 6.07) is 0. The number of rotatable bonds is 4. The summed E-state index contributed by atoms with van der Waals surface area (Å²) in [5, 5.41) is 0. The Kier molecular flexibility index (Phi) is 5.16. The predicted molar refractivity (Wildman–Crippen MR) is 48.0 cm³/mol. The van der Waals surface area contributed by atoms with Crippen LogP contribution >= 0.6 is 0 Å². The largest absolute Gasteiger partial charge is 0.0654 e. The van der Waals surface area contributed by atoms with Gasteiger partial charge in [-0.05, 0) is 0 Å². The molecular weight excluding hydrogens is 124 g/mol. The van der Waals surface area contributed by atoms with Gasteiger partial charge in [0.1, 0.15) is 0 Å². The molecule has 0 N–H and O–H groups in total. The van der Waals surface area contributed by atoms with E-state index in [0.29, 0.717) is 0 Å². The third kappa shape index (κ3) is 4.70. The van der Waals surface area contributed by atoms with E-state index in [-0.39, 0.29) is 9.52 Å². The Bertz CT molecular complexity index is 53.6. The summed E-state index contributed by atoms with van der Waals surface area (Å²) in [6.45, 7) is 9.41. The molecule has 0 aromatic carbocycles. The zero-order valence-corrected chi connectivity index (χ0v) is 8.69. The highest BCUT2D eigenvalue weighted by atomic mass is 28.2. The van der Waals surface area contributed by atoms with Crippen LogP contribution in [0.3, 0.4) is 0 Å². The van der Waals surface area contributed by atoms with E-state index in [9.17, 15) is 0 Å². The summed E-state index contributed by atoms with van der Waals surface area (Å²) in [4.78, 5) is 0. The number of hydrogen-bond donors (Lipinski definition) is 0. The molecule has 0 aromatic heterocycles. The molecule has 2 atom stereocenters. The Morgan fingerprint density at radius 2 is 1.33 bits per heavy atom. The molecule has 0 nitrogen and oxygen atoms in total. The van der Waals surface area contributed by atoms with Crippen LogP contribution in [-0.4, -0.2) is 9.52 Å². The molecule has 0 heterocycles. The van der Waals surface area contributed by atoms with Crippen LogP contribution in [0, 0.1) is 0 Å². The van der Waals surface area contributed by atoms with Crippen molar-refractivity contribution >= 4 is 9.52 Å². The van der Waals surface area contributed by atoms with Crippen molar-refractivity contribution in [3.63, 3.8) is 0 Å². The normalized spacial score (nSPS) is 18.7. The van der Waals surface area contributed by atoms with Gasteiger partial charge >= 0.3 is 0 Å². The minimum absolute atomic E-state index is 0.260. The molecule has 0 spiro atoms. The molecule has 0 aliphatic rings. The molecule has 0 aliphatic heterocycles. The van der Waals surface area contributed by atoms with Gasteiger partial charge in [0.05, 0.1) is 0 Å². The fourth-order valence-electron chi connectivity index (χ4n) is 1.02. The third-order valence-corrected chi connectivity index (χ3v) is 4.96. The van der Waals surface area contributed by atoms with Crippen molar-refractivity contribution in [1.82, 2.24) is 0 Å². The summed E-state index contributed by atoms with van der Waals surface area (Å²) in [7, 11) is 0.260. The minimum atomic E-state index is 0.260. The Hall–Kier alpha value is 0.217. The summed E-state index contributed by atoms with van der Waals surface area (Å²) in [6.07, 6.45) is 2.80. The molecule has 0 fully saturated rings. The van der Waals surface area contributed by atoms with Gasteiger partial charge in [-0.1, -0.05) is 51.6 Å². The van der Waals surface area contributed by atoms with Gasteiger partial charge in [-0.25, -0.2) is 0 Å². The van der Waals surface area contributed by atoms with Crippen molar-refractivity contribution in [3.05, 3.63) is 0 Å². The van der Waals surface area contributed by atoms with E-state index in [1.165, 1.54) is 12.8 Å². The van der Waals surface area contributed by atoms with Gasteiger partial charge in [0.25, 0.3) is 0 Å². The van der Waals surface area contributed by atoms with Crippen LogP contribution in [0.15, 0.2) is 0 Å². The van der Waals surface area contributed by atoms with Gasteiger partial charge in [-0.2, -0.15) is 0 Å². The molecule has 0 aliphatic carbocycles. The molecular formula is C8H20Si. The first-order chi connectivity index (χ1) is 4.20. The lowest BCUT2D eigenvalue weighted by Crippen LogP contribution is -2.03. The molecule has 0 aromatic rings. The second kappa shape index (κ2) is 5.04. The van der Waals surface area contributed by atoms with Crippen LogP contribution in [0.5, 0.6) is 0 Å². The highest BCUT2D eigenvalue weighted by Crippen LogP contribution is 2.16. The van der Waals surface area contributed by atoms with E-state index >= 15 is 0 Å². The lowest BCUT2D eigenvalue weighted by Gasteiger charge is -2.11. The maximum absolute atomic E-state index is 2.40. The molecule has 1 heteroatoms. The fraction of sp³-hybridized carbons (Fsp3) is 1.00. The molecule has 0 saturated heterocycles. The smallest absolute Gasteiger partial charge is 0.0257 e. The SMILES string of the molecule is CCC(C)[SiH2]C(C)CC. The summed E-state index contributed by atoms with van der Waals surface area (Å²) in [5.41, 5.74) is 2.14. The standard InChI is InChI=1S/C8H20Si/c1-5-7(3)9-8(4)6-2/h7-8H,5-6,9H2,1-4H3. The van der Waals surface area contributed by atoms with Crippen molar-refractivity contribution in [3.8, 4) is 0 Å². The average molecular weight is 144 g/mol. The molecule has 9 heavy (non-hydrogen) atoms. The van der Waals surface area contributed by atoms with Crippen molar-refractivity contribution in [2.75, 3.05) is 0 Å². The maximum atomic E-state index is 2.40. The van der Waals surface area contributed by atoms with Gasteiger partial charge in [0.15, 0.2) is 0 Å². The molecule has 0 saturated carbocycles. The number of hydrogen-bond acceptors (Lipinski definition) is 0. The molecule has 56 valence electrons. The molecule has 0 rings (SSSR count). The van der Waals surface area contributed by atoms with E-state index in [1.54, 1.807) is 0 Å². The van der Waals surface area contributed by atoms with E-state index in [2.05, 4.69) is 27.7 Å². The summed E-state index contributed by atoms with van der Waals surface area (Å²) >= 11 is 0. The van der Waals surface area contributed by atoms with Crippen LogP contribution in [-0.2, 0) is 0 Å². The minimum Gasteiger partial charge on any atom is -0.0654 e. The van der Waals surface area contributed by atoms with Crippen molar-refractivity contribution in [2.24, 2.45) is 0 Å². The Labute approximate surface area is 61.9 Å². The van der Waals surface area contributed by atoms with Crippen molar-refractivity contribution in [1.29, 1.82) is 0 Å². The van der Waals surface area contributed by atoms with Crippen LogP contribution in [0.4, 0.5) is 0 Å². The van der Waals surface area contributed by atoms with Crippen molar-refractivity contribution in [2.45, 2.75) is 51.6 Å². The molecule has 0 bridgehead atoms.